The summed E-state index contributed by atoms with van der Waals surface area (Å²) in [6, 6.07) is 13.7. The standard InChI is InChI=1S/C24H28N2O4/c1-16(15-29-22-9-8-19(17(2)27)14-23(22)28-3)26-12-10-18(11-13-26)24-20-6-4-5-7-21(20)30-25-24/h4-9,14,16,18H,10-13,15H2,1-3H3. The minimum atomic E-state index is 0.0102. The molecule has 0 N–H and O–H groups in total. The first-order chi connectivity index (χ1) is 14.6. The Labute approximate surface area is 176 Å². The maximum atomic E-state index is 11.6. The van der Waals surface area contributed by atoms with E-state index in [1.165, 1.54) is 0 Å². The Balaban J connectivity index is 1.34. The van der Waals surface area contributed by atoms with Gasteiger partial charge in [-0.05, 0) is 70.1 Å². The van der Waals surface area contributed by atoms with Gasteiger partial charge in [-0.25, -0.2) is 0 Å². The molecule has 3 aromatic rings. The highest BCUT2D eigenvalue weighted by molar-refractivity contribution is 5.94. The SMILES string of the molecule is COc1cc(C(C)=O)ccc1OCC(C)N1CCC(c2noc3ccccc23)CC1. The number of carbonyl (C=O) groups is 1. The molecule has 158 valence electrons. The molecule has 1 saturated heterocycles. The van der Waals surface area contributed by atoms with E-state index in [9.17, 15) is 4.79 Å². The van der Waals surface area contributed by atoms with E-state index in [1.807, 2.05) is 24.3 Å². The quantitative estimate of drug-likeness (QED) is 0.529. The van der Waals surface area contributed by atoms with Crippen molar-refractivity contribution in [3.8, 4) is 11.5 Å². The highest BCUT2D eigenvalue weighted by Gasteiger charge is 2.27. The molecule has 6 nitrogen and oxygen atoms in total. The van der Waals surface area contributed by atoms with E-state index >= 15 is 0 Å². The normalized spacial score (nSPS) is 16.5. The van der Waals surface area contributed by atoms with Crippen molar-refractivity contribution in [1.29, 1.82) is 0 Å². The summed E-state index contributed by atoms with van der Waals surface area (Å²) < 4.78 is 16.9. The Hall–Kier alpha value is -2.86. The molecule has 1 fully saturated rings. The lowest BCUT2D eigenvalue weighted by Crippen LogP contribution is -2.42. The number of aromatic nitrogens is 1. The first-order valence-electron chi connectivity index (χ1n) is 10.5. The van der Waals surface area contributed by atoms with Crippen molar-refractivity contribution in [3.05, 3.63) is 53.7 Å². The Kier molecular flexibility index (Phi) is 6.04. The second-order valence-corrected chi connectivity index (χ2v) is 7.96. The molecule has 0 radical (unpaired) electrons. The summed E-state index contributed by atoms with van der Waals surface area (Å²) in [4.78, 5) is 14.0. The second-order valence-electron chi connectivity index (χ2n) is 7.96. The topological polar surface area (TPSA) is 64.8 Å². The fraction of sp³-hybridized carbons (Fsp3) is 0.417. The average Bonchev–Trinajstić information content (AvgIpc) is 3.21. The molecule has 0 spiro atoms. The number of carbonyl (C=O) groups excluding carboxylic acids is 1. The Morgan fingerprint density at radius 1 is 1.20 bits per heavy atom. The number of hydrogen-bond acceptors (Lipinski definition) is 6. The summed E-state index contributed by atoms with van der Waals surface area (Å²) >= 11 is 0. The Morgan fingerprint density at radius 2 is 1.97 bits per heavy atom. The molecule has 0 aliphatic carbocycles. The predicted octanol–water partition coefficient (Wildman–Crippen LogP) is 4.69. The van der Waals surface area contributed by atoms with Crippen LogP contribution in [0.4, 0.5) is 0 Å². The van der Waals surface area contributed by atoms with E-state index in [-0.39, 0.29) is 11.8 Å². The Morgan fingerprint density at radius 3 is 2.70 bits per heavy atom. The van der Waals surface area contributed by atoms with Crippen LogP contribution in [-0.2, 0) is 0 Å². The summed E-state index contributed by atoms with van der Waals surface area (Å²) in [5, 5.41) is 5.48. The molecule has 2 heterocycles. The number of ketones is 1. The van der Waals surface area contributed by atoms with Gasteiger partial charge in [-0.1, -0.05) is 17.3 Å². The van der Waals surface area contributed by atoms with Gasteiger partial charge in [0.25, 0.3) is 0 Å². The van der Waals surface area contributed by atoms with Crippen LogP contribution in [0, 0.1) is 0 Å². The third-order valence-corrected chi connectivity index (χ3v) is 6.00. The molecule has 4 rings (SSSR count). The van der Waals surface area contributed by atoms with Crippen molar-refractivity contribution in [3.63, 3.8) is 0 Å². The molecule has 1 aromatic heterocycles. The number of rotatable bonds is 7. The first kappa shape index (κ1) is 20.4. The van der Waals surface area contributed by atoms with Gasteiger partial charge in [0, 0.05) is 22.9 Å². The zero-order valence-electron chi connectivity index (χ0n) is 17.8. The molecule has 0 bridgehead atoms. The van der Waals surface area contributed by atoms with Crippen molar-refractivity contribution < 1.29 is 18.8 Å². The number of piperidine rings is 1. The number of ether oxygens (including phenoxy) is 2. The van der Waals surface area contributed by atoms with Crippen LogP contribution in [0.2, 0.25) is 0 Å². The number of Topliss-reactive ketones (excluding diaryl/α,β-unsaturated/α-hetero) is 1. The van der Waals surface area contributed by atoms with E-state index in [4.69, 9.17) is 14.0 Å². The molecule has 6 heteroatoms. The zero-order valence-corrected chi connectivity index (χ0v) is 17.8. The number of methoxy groups -OCH3 is 1. The summed E-state index contributed by atoms with van der Waals surface area (Å²) in [7, 11) is 1.59. The van der Waals surface area contributed by atoms with E-state index in [1.54, 1.807) is 26.2 Å². The highest BCUT2D eigenvalue weighted by Crippen LogP contribution is 2.33. The second kappa shape index (κ2) is 8.88. The maximum absolute atomic E-state index is 11.6. The van der Waals surface area contributed by atoms with Crippen molar-refractivity contribution in [1.82, 2.24) is 10.1 Å². The number of benzene rings is 2. The predicted molar refractivity (Wildman–Crippen MR) is 116 cm³/mol. The van der Waals surface area contributed by atoms with Gasteiger partial charge in [-0.2, -0.15) is 0 Å². The number of nitrogens with zero attached hydrogens (tertiary/aromatic N) is 2. The van der Waals surface area contributed by atoms with Crippen LogP contribution in [0.15, 0.2) is 47.0 Å². The largest absolute Gasteiger partial charge is 0.493 e. The van der Waals surface area contributed by atoms with Crippen molar-refractivity contribution in [2.24, 2.45) is 0 Å². The first-order valence-corrected chi connectivity index (χ1v) is 10.5. The maximum Gasteiger partial charge on any atom is 0.167 e. The number of fused-ring (bicyclic) bond motifs is 1. The summed E-state index contributed by atoms with van der Waals surface area (Å²) in [6.45, 7) is 6.28. The van der Waals surface area contributed by atoms with Gasteiger partial charge in [-0.15, -0.1) is 0 Å². The van der Waals surface area contributed by atoms with Crippen molar-refractivity contribution in [2.45, 2.75) is 38.6 Å². The molecule has 0 amide bonds. The third kappa shape index (κ3) is 4.19. The van der Waals surface area contributed by atoms with Gasteiger partial charge in [0.2, 0.25) is 0 Å². The van der Waals surface area contributed by atoms with Gasteiger partial charge in [0.15, 0.2) is 22.9 Å². The molecule has 1 aliphatic rings. The monoisotopic (exact) mass is 408 g/mol. The average molecular weight is 408 g/mol. The fourth-order valence-corrected chi connectivity index (χ4v) is 4.14. The molecular weight excluding hydrogens is 380 g/mol. The molecule has 1 atom stereocenters. The van der Waals surface area contributed by atoms with Crippen LogP contribution in [0.5, 0.6) is 11.5 Å². The molecule has 30 heavy (non-hydrogen) atoms. The minimum absolute atomic E-state index is 0.0102. The highest BCUT2D eigenvalue weighted by atomic mass is 16.5. The van der Waals surface area contributed by atoms with Gasteiger partial charge >= 0.3 is 0 Å². The molecule has 0 saturated carbocycles. The van der Waals surface area contributed by atoms with Crippen LogP contribution < -0.4 is 9.47 Å². The van der Waals surface area contributed by atoms with Crippen LogP contribution in [0.1, 0.15) is 48.7 Å². The summed E-state index contributed by atoms with van der Waals surface area (Å²) in [5.74, 6) is 1.69. The smallest absolute Gasteiger partial charge is 0.167 e. The van der Waals surface area contributed by atoms with Crippen molar-refractivity contribution >= 4 is 16.8 Å². The van der Waals surface area contributed by atoms with Crippen LogP contribution in [0.25, 0.3) is 11.0 Å². The van der Waals surface area contributed by atoms with Gasteiger partial charge in [-0.3, -0.25) is 9.69 Å². The number of hydrogen-bond donors (Lipinski definition) is 0. The van der Waals surface area contributed by atoms with Crippen molar-refractivity contribution in [2.75, 3.05) is 26.8 Å². The molecular formula is C24H28N2O4. The fourth-order valence-electron chi connectivity index (χ4n) is 4.14. The Bertz CT molecular complexity index is 1020. The molecule has 2 aromatic carbocycles. The van der Waals surface area contributed by atoms with E-state index in [0.29, 0.717) is 29.6 Å². The summed E-state index contributed by atoms with van der Waals surface area (Å²) in [6.07, 6.45) is 2.11. The van der Waals surface area contributed by atoms with E-state index in [2.05, 4.69) is 23.0 Å². The lowest BCUT2D eigenvalue weighted by atomic mass is 9.91. The lowest BCUT2D eigenvalue weighted by molar-refractivity contribution is 0.101. The minimum Gasteiger partial charge on any atom is -0.493 e. The van der Waals surface area contributed by atoms with Gasteiger partial charge in [0.05, 0.1) is 12.8 Å². The van der Waals surface area contributed by atoms with Crippen LogP contribution in [0.3, 0.4) is 0 Å². The lowest BCUT2D eigenvalue weighted by Gasteiger charge is -2.35. The number of likely N-dealkylation sites (tertiary alicyclic amines) is 1. The summed E-state index contributed by atoms with van der Waals surface area (Å²) in [5.41, 5.74) is 2.57. The molecule has 1 unspecified atom stereocenters. The van der Waals surface area contributed by atoms with Crippen LogP contribution >= 0.6 is 0 Å². The van der Waals surface area contributed by atoms with Gasteiger partial charge in [0.1, 0.15) is 6.61 Å². The van der Waals surface area contributed by atoms with E-state index in [0.717, 1.165) is 42.6 Å². The third-order valence-electron chi connectivity index (χ3n) is 6.00. The van der Waals surface area contributed by atoms with Crippen LogP contribution in [-0.4, -0.2) is 48.7 Å². The van der Waals surface area contributed by atoms with Gasteiger partial charge < -0.3 is 14.0 Å². The molecule has 1 aliphatic heterocycles. The van der Waals surface area contributed by atoms with E-state index < -0.39 is 0 Å². The number of para-hydroxylation sites is 1. The zero-order chi connectivity index (χ0) is 21.1.